The summed E-state index contributed by atoms with van der Waals surface area (Å²) in [5.41, 5.74) is 0.469. The molecule has 142 valence electrons. The third-order valence-electron chi connectivity index (χ3n) is 3.63. The Hall–Kier alpha value is 0.300. The molecule has 13 nitrogen and oxygen atoms in total. The van der Waals surface area contributed by atoms with Crippen LogP contribution in [0.4, 0.5) is 0 Å². The van der Waals surface area contributed by atoms with Gasteiger partial charge in [-0.1, -0.05) is 0 Å². The Morgan fingerprint density at radius 2 is 2.04 bits per heavy atom. The fourth-order valence-corrected chi connectivity index (χ4v) is 2.80. The molecule has 1 saturated heterocycles. The number of phosphoric ester groups is 1. The van der Waals surface area contributed by atoms with Crippen LogP contribution < -0.4 is 11.2 Å². The molecule has 3 heterocycles. The Morgan fingerprint density at radius 3 is 2.70 bits per heavy atom. The number of amidine groups is 2. The quantitative estimate of drug-likeness (QED) is 0.146. The van der Waals surface area contributed by atoms with Crippen LogP contribution in [0.25, 0.3) is 0 Å². The Kier molecular flexibility index (Phi) is 9.73. The Labute approximate surface area is 198 Å². The van der Waals surface area contributed by atoms with Crippen molar-refractivity contribution in [3.8, 4) is 0 Å². The fraction of sp³-hybridized carbons (Fsp3) is 0.545. The molecule has 0 saturated carbocycles. The Balaban J connectivity index is 0.00000182. The van der Waals surface area contributed by atoms with Gasteiger partial charge in [-0.2, -0.15) is 0 Å². The van der Waals surface area contributed by atoms with Crippen LogP contribution in [0.1, 0.15) is 0 Å². The van der Waals surface area contributed by atoms with Crippen LogP contribution in [-0.4, -0.2) is 140 Å². The van der Waals surface area contributed by atoms with Crippen LogP contribution in [0, 0.1) is 0 Å². The summed E-state index contributed by atoms with van der Waals surface area (Å²) in [7, 11) is -4.72. The Morgan fingerprint density at radius 1 is 1.33 bits per heavy atom. The predicted octanol–water partition coefficient (Wildman–Crippen LogP) is -4.30. The zero-order valence-electron chi connectivity index (χ0n) is 12.7. The van der Waals surface area contributed by atoms with Gasteiger partial charge in [-0.3, -0.25) is 9.53 Å². The number of hydrogen-bond donors (Lipinski definition) is 6. The van der Waals surface area contributed by atoms with Crippen LogP contribution in [0.15, 0.2) is 26.8 Å². The van der Waals surface area contributed by atoms with Gasteiger partial charge in [0.25, 0.3) is 0 Å². The van der Waals surface area contributed by atoms with Gasteiger partial charge in [-0.15, -0.1) is 0 Å². The first-order valence-electron chi connectivity index (χ1n) is 7.11. The van der Waals surface area contributed by atoms with Gasteiger partial charge in [-0.05, 0) is 0 Å². The number of nitrogens with zero attached hydrogens (tertiary/aromatic N) is 4. The van der Waals surface area contributed by atoms with Crippen molar-refractivity contribution in [2.24, 2.45) is 20.8 Å². The summed E-state index contributed by atoms with van der Waals surface area (Å²) < 4.78 is 20.4. The zero-order valence-corrected chi connectivity index (χ0v) is 13.6. The first-order valence-corrected chi connectivity index (χ1v) is 8.64. The summed E-state index contributed by atoms with van der Waals surface area (Å²) in [4.78, 5) is 29.6. The molecule has 3 aliphatic rings. The molecule has 4 atom stereocenters. The number of nitrogens with two attached hydrogens (primary N) is 1. The number of rotatable bonds is 4. The molecular weight excluding hydrogens is 405 g/mol. The van der Waals surface area contributed by atoms with E-state index in [9.17, 15) is 14.8 Å². The van der Waals surface area contributed by atoms with E-state index in [-0.39, 0.29) is 65.8 Å². The summed E-state index contributed by atoms with van der Waals surface area (Å²) in [6.45, 7) is -0.504. The summed E-state index contributed by atoms with van der Waals surface area (Å²) in [6, 6.07) is 0. The van der Waals surface area contributed by atoms with Crippen LogP contribution in [0.5, 0.6) is 0 Å². The van der Waals surface area contributed by atoms with Crippen LogP contribution in [-0.2, 0) is 13.8 Å². The molecule has 0 aliphatic carbocycles. The van der Waals surface area contributed by atoms with Gasteiger partial charge in [0.2, 0.25) is 0 Å². The minimum absolute atomic E-state index is 0. The standard InChI is InChI=1S/C11H17N6O7P.2Na.2H/c12-17-4-13-1-5-9(14-3-15-10(5)17)16-11-8(19)7(18)6(24-11)2-23-25(20,21)22;;;;/h1,4,6-8,11,18-19H,2-3,12H2,(H,14,16)(H2,20,21,22);;;;/t6-,7-,8-,11-;;;;/m1..../s1. The number of nitrogens with one attached hydrogen (secondary N) is 1. The number of aliphatic hydroxyl groups excluding tert-OH is 2. The molecule has 27 heavy (non-hydrogen) atoms. The number of fused-ring (bicyclic) bond motifs is 1. The maximum absolute atomic E-state index is 10.8. The molecule has 0 radical (unpaired) electrons. The van der Waals surface area contributed by atoms with E-state index >= 15 is 0 Å². The number of aliphatic hydroxyl groups is 2. The van der Waals surface area contributed by atoms with Crippen molar-refractivity contribution in [2.75, 3.05) is 13.3 Å². The number of ether oxygens (including phenoxy) is 1. The fourth-order valence-electron chi connectivity index (χ4n) is 2.46. The molecule has 1 fully saturated rings. The summed E-state index contributed by atoms with van der Waals surface area (Å²) in [6.07, 6.45) is -2.17. The second kappa shape index (κ2) is 10.4. The van der Waals surface area contributed by atoms with Crippen molar-refractivity contribution in [1.82, 2.24) is 10.3 Å². The van der Waals surface area contributed by atoms with Gasteiger partial charge in [0.05, 0.1) is 12.2 Å². The van der Waals surface area contributed by atoms with Crippen LogP contribution >= 0.6 is 7.82 Å². The molecule has 16 heteroatoms. The molecule has 3 rings (SSSR count). The minimum atomic E-state index is -4.72. The molecule has 0 unspecified atom stereocenters. The topological polar surface area (TPSA) is 195 Å². The van der Waals surface area contributed by atoms with Crippen molar-refractivity contribution >= 4 is 84.9 Å². The van der Waals surface area contributed by atoms with Crippen LogP contribution in [0.3, 0.4) is 0 Å². The van der Waals surface area contributed by atoms with Gasteiger partial charge < -0.3 is 30.1 Å². The molecule has 0 aromatic heterocycles. The molecule has 0 spiro atoms. The second-order valence-electron chi connectivity index (χ2n) is 5.35. The van der Waals surface area contributed by atoms with Crippen molar-refractivity contribution in [2.45, 2.75) is 24.5 Å². The van der Waals surface area contributed by atoms with Crippen molar-refractivity contribution in [3.05, 3.63) is 11.8 Å². The predicted molar refractivity (Wildman–Crippen MR) is 98.4 cm³/mol. The van der Waals surface area contributed by atoms with Gasteiger partial charge in [0.15, 0.2) is 12.1 Å². The summed E-state index contributed by atoms with van der Waals surface area (Å²) in [5.74, 6) is 6.44. The molecular formula is C11H19N6Na2O7P. The first kappa shape index (κ1) is 25.3. The van der Waals surface area contributed by atoms with Gasteiger partial charge in [0, 0.05) is 6.20 Å². The van der Waals surface area contributed by atoms with E-state index in [4.69, 9.17) is 20.4 Å². The van der Waals surface area contributed by atoms with Gasteiger partial charge >= 0.3 is 66.9 Å². The molecule has 0 bridgehead atoms. The second-order valence-corrected chi connectivity index (χ2v) is 6.59. The van der Waals surface area contributed by atoms with Crippen LogP contribution in [0.2, 0.25) is 0 Å². The Bertz CT molecular complexity index is 713. The normalized spacial score (nSPS) is 29.7. The molecule has 0 aromatic rings. The van der Waals surface area contributed by atoms with Crippen molar-refractivity contribution in [3.63, 3.8) is 0 Å². The SMILES string of the molecule is NN1C=NC=C2C(N[C@@H]3O[C@H](COP(=O)(O)O)[C@@H](O)[C@H]3O)=NCN=C21.[NaH].[NaH]. The average Bonchev–Trinajstić information content (AvgIpc) is 2.81. The van der Waals surface area contributed by atoms with E-state index in [2.05, 4.69) is 24.8 Å². The van der Waals surface area contributed by atoms with E-state index in [0.717, 1.165) is 0 Å². The number of aliphatic imine (C=N–C) groups is 3. The average molecular weight is 424 g/mol. The molecule has 0 aromatic carbocycles. The molecule has 0 amide bonds. The monoisotopic (exact) mass is 424 g/mol. The number of phosphoric acid groups is 1. The number of hydrogen-bond acceptors (Lipinski definition) is 11. The zero-order chi connectivity index (χ0) is 18.2. The van der Waals surface area contributed by atoms with Crippen molar-refractivity contribution < 1.29 is 33.8 Å². The number of hydrazine groups is 1. The van der Waals surface area contributed by atoms with E-state index in [0.29, 0.717) is 17.2 Å². The third-order valence-corrected chi connectivity index (χ3v) is 4.12. The molecule has 7 N–H and O–H groups in total. The maximum atomic E-state index is 10.8. The van der Waals surface area contributed by atoms with E-state index in [1.807, 2.05) is 0 Å². The molecule has 3 aliphatic heterocycles. The van der Waals surface area contributed by atoms with E-state index in [1.54, 1.807) is 0 Å². The third kappa shape index (κ3) is 6.14. The van der Waals surface area contributed by atoms with Crippen molar-refractivity contribution in [1.29, 1.82) is 0 Å². The van der Waals surface area contributed by atoms with E-state index < -0.39 is 39.0 Å². The first-order chi connectivity index (χ1) is 11.8. The van der Waals surface area contributed by atoms with Gasteiger partial charge in [-0.25, -0.2) is 25.4 Å². The van der Waals surface area contributed by atoms with E-state index in [1.165, 1.54) is 17.5 Å². The van der Waals surface area contributed by atoms with Gasteiger partial charge in [0.1, 0.15) is 37.2 Å². The summed E-state index contributed by atoms with van der Waals surface area (Å²) in [5, 5.41) is 24.0. The summed E-state index contributed by atoms with van der Waals surface area (Å²) >= 11 is 0.